The summed E-state index contributed by atoms with van der Waals surface area (Å²) in [7, 11) is -4.01. The van der Waals surface area contributed by atoms with Crippen LogP contribution in [0.2, 0.25) is 10.0 Å². The third-order valence-corrected chi connectivity index (χ3v) is 5.78. The standard InChI is InChI=1S/C12H18Cl2N2O3S/c1-11(2,12(3,4)17)16-20(18,19)10-8(13)5-7(15)6-9(10)14/h5-6,16-17H,15H2,1-4H3. The van der Waals surface area contributed by atoms with Crippen molar-refractivity contribution in [3.05, 3.63) is 22.2 Å². The number of halogens is 2. The van der Waals surface area contributed by atoms with E-state index >= 15 is 0 Å². The fraction of sp³-hybridized carbons (Fsp3) is 0.500. The molecule has 0 bridgehead atoms. The Hall–Kier alpha value is -0.530. The molecular weight excluding hydrogens is 323 g/mol. The van der Waals surface area contributed by atoms with Crippen molar-refractivity contribution in [2.45, 2.75) is 43.7 Å². The van der Waals surface area contributed by atoms with E-state index in [9.17, 15) is 13.5 Å². The van der Waals surface area contributed by atoms with Crippen LogP contribution in [0.4, 0.5) is 5.69 Å². The van der Waals surface area contributed by atoms with Gasteiger partial charge in [0.2, 0.25) is 10.0 Å². The van der Waals surface area contributed by atoms with Crippen LogP contribution in [-0.2, 0) is 10.0 Å². The molecule has 0 saturated carbocycles. The highest BCUT2D eigenvalue weighted by Gasteiger charge is 2.39. The predicted octanol–water partition coefficient (Wildman–Crippen LogP) is 2.40. The molecule has 0 spiro atoms. The number of nitrogens with one attached hydrogen (secondary N) is 1. The molecule has 0 aliphatic carbocycles. The topological polar surface area (TPSA) is 92.4 Å². The van der Waals surface area contributed by atoms with Gasteiger partial charge in [0.15, 0.2) is 0 Å². The first-order valence-corrected chi connectivity index (χ1v) is 8.03. The number of benzene rings is 1. The van der Waals surface area contributed by atoms with Gasteiger partial charge in [0, 0.05) is 5.69 Å². The van der Waals surface area contributed by atoms with Gasteiger partial charge >= 0.3 is 0 Å². The van der Waals surface area contributed by atoms with Crippen LogP contribution in [0.25, 0.3) is 0 Å². The van der Waals surface area contributed by atoms with Gasteiger partial charge in [0.05, 0.1) is 21.2 Å². The zero-order chi connectivity index (χ0) is 15.9. The first kappa shape index (κ1) is 17.5. The molecule has 0 aromatic heterocycles. The second-order valence-electron chi connectivity index (χ2n) is 5.60. The van der Waals surface area contributed by atoms with Crippen LogP contribution in [-0.4, -0.2) is 24.7 Å². The molecule has 0 aliphatic heterocycles. The number of hydrogen-bond acceptors (Lipinski definition) is 4. The highest BCUT2D eigenvalue weighted by atomic mass is 35.5. The number of nitrogens with two attached hydrogens (primary N) is 1. The minimum Gasteiger partial charge on any atom is -0.399 e. The van der Waals surface area contributed by atoms with Gasteiger partial charge in [-0.1, -0.05) is 23.2 Å². The van der Waals surface area contributed by atoms with Crippen molar-refractivity contribution in [2.75, 3.05) is 5.73 Å². The van der Waals surface area contributed by atoms with Crippen LogP contribution in [0.3, 0.4) is 0 Å². The van der Waals surface area contributed by atoms with E-state index < -0.39 is 21.2 Å². The molecule has 0 fully saturated rings. The minimum absolute atomic E-state index is 0.0750. The van der Waals surface area contributed by atoms with Crippen molar-refractivity contribution in [2.24, 2.45) is 0 Å². The van der Waals surface area contributed by atoms with Crippen LogP contribution in [0.1, 0.15) is 27.7 Å². The fourth-order valence-corrected chi connectivity index (χ4v) is 4.12. The van der Waals surface area contributed by atoms with Gasteiger partial charge in [0.1, 0.15) is 4.90 Å². The van der Waals surface area contributed by atoms with Crippen molar-refractivity contribution in [3.63, 3.8) is 0 Å². The van der Waals surface area contributed by atoms with Crippen LogP contribution < -0.4 is 10.5 Å². The molecule has 5 nitrogen and oxygen atoms in total. The van der Waals surface area contributed by atoms with E-state index in [1.54, 1.807) is 13.8 Å². The van der Waals surface area contributed by atoms with E-state index in [1.807, 2.05) is 0 Å². The van der Waals surface area contributed by atoms with Crippen LogP contribution in [0, 0.1) is 0 Å². The van der Waals surface area contributed by atoms with Crippen molar-refractivity contribution < 1.29 is 13.5 Å². The lowest BCUT2D eigenvalue weighted by Crippen LogP contribution is -2.57. The predicted molar refractivity (Wildman–Crippen MR) is 81.6 cm³/mol. The summed E-state index contributed by atoms with van der Waals surface area (Å²) in [5, 5.41) is 9.88. The lowest BCUT2D eigenvalue weighted by molar-refractivity contribution is 0.00639. The Kier molecular flexibility index (Phi) is 4.68. The van der Waals surface area contributed by atoms with E-state index in [1.165, 1.54) is 26.0 Å². The van der Waals surface area contributed by atoms with E-state index in [4.69, 9.17) is 28.9 Å². The van der Waals surface area contributed by atoms with E-state index in [0.29, 0.717) is 0 Å². The van der Waals surface area contributed by atoms with Gasteiger partial charge in [-0.2, -0.15) is 0 Å². The van der Waals surface area contributed by atoms with Gasteiger partial charge in [-0.25, -0.2) is 13.1 Å². The zero-order valence-electron chi connectivity index (χ0n) is 11.7. The molecule has 0 aliphatic rings. The Morgan fingerprint density at radius 2 is 1.55 bits per heavy atom. The summed E-state index contributed by atoms with van der Waals surface area (Å²) in [5.74, 6) is 0. The molecule has 0 heterocycles. The van der Waals surface area contributed by atoms with Crippen LogP contribution in [0.5, 0.6) is 0 Å². The molecule has 0 atom stereocenters. The second-order valence-corrected chi connectivity index (χ2v) is 8.04. The smallest absolute Gasteiger partial charge is 0.244 e. The fourth-order valence-electron chi connectivity index (χ4n) is 1.35. The molecule has 0 unspecified atom stereocenters. The van der Waals surface area contributed by atoms with Crippen molar-refractivity contribution in [1.82, 2.24) is 4.72 Å². The normalized spacial score (nSPS) is 13.6. The summed E-state index contributed by atoms with van der Waals surface area (Å²) in [4.78, 5) is -0.257. The van der Waals surface area contributed by atoms with Crippen molar-refractivity contribution in [3.8, 4) is 0 Å². The minimum atomic E-state index is -4.01. The molecule has 20 heavy (non-hydrogen) atoms. The molecule has 1 aromatic rings. The largest absolute Gasteiger partial charge is 0.399 e. The molecule has 1 aromatic carbocycles. The molecular formula is C12H18Cl2N2O3S. The number of nitrogen functional groups attached to an aromatic ring is 1. The van der Waals surface area contributed by atoms with E-state index in [2.05, 4.69) is 4.72 Å². The summed E-state index contributed by atoms with van der Waals surface area (Å²) in [6.07, 6.45) is 0. The summed E-state index contributed by atoms with van der Waals surface area (Å²) in [5.41, 5.74) is 3.40. The Morgan fingerprint density at radius 1 is 1.15 bits per heavy atom. The Labute approximate surface area is 129 Å². The number of sulfonamides is 1. The molecule has 8 heteroatoms. The number of rotatable bonds is 4. The monoisotopic (exact) mass is 340 g/mol. The number of hydrogen-bond donors (Lipinski definition) is 3. The SMILES string of the molecule is CC(C)(O)C(C)(C)NS(=O)(=O)c1c(Cl)cc(N)cc1Cl. The summed E-state index contributed by atoms with van der Waals surface area (Å²) in [6, 6.07) is 2.61. The quantitative estimate of drug-likeness (QED) is 0.733. The Morgan fingerprint density at radius 3 is 1.90 bits per heavy atom. The molecule has 1 rings (SSSR count). The first-order chi connectivity index (χ1) is 8.78. The molecule has 0 radical (unpaired) electrons. The van der Waals surface area contributed by atoms with Gasteiger partial charge in [-0.05, 0) is 39.8 Å². The maximum Gasteiger partial charge on any atom is 0.244 e. The first-order valence-electron chi connectivity index (χ1n) is 5.79. The van der Waals surface area contributed by atoms with Crippen LogP contribution in [0.15, 0.2) is 17.0 Å². The summed E-state index contributed by atoms with van der Waals surface area (Å²) in [6.45, 7) is 6.12. The third kappa shape index (κ3) is 3.56. The molecule has 0 saturated heterocycles. The molecule has 4 N–H and O–H groups in total. The van der Waals surface area contributed by atoms with Gasteiger partial charge in [0.25, 0.3) is 0 Å². The van der Waals surface area contributed by atoms with Gasteiger partial charge in [-0.3, -0.25) is 0 Å². The third-order valence-electron chi connectivity index (χ3n) is 3.21. The van der Waals surface area contributed by atoms with Crippen LogP contribution >= 0.6 is 23.2 Å². The zero-order valence-corrected chi connectivity index (χ0v) is 14.0. The lowest BCUT2D eigenvalue weighted by atomic mass is 9.87. The highest BCUT2D eigenvalue weighted by molar-refractivity contribution is 7.89. The van der Waals surface area contributed by atoms with Crippen molar-refractivity contribution in [1.29, 1.82) is 0 Å². The molecule has 0 amide bonds. The van der Waals surface area contributed by atoms with E-state index in [-0.39, 0.29) is 20.6 Å². The average molecular weight is 341 g/mol. The Balaban J connectivity index is 3.34. The molecule has 114 valence electrons. The van der Waals surface area contributed by atoms with Crippen molar-refractivity contribution >= 4 is 38.9 Å². The number of anilines is 1. The average Bonchev–Trinajstić information content (AvgIpc) is 2.09. The van der Waals surface area contributed by atoms with E-state index in [0.717, 1.165) is 0 Å². The second kappa shape index (κ2) is 5.35. The number of aliphatic hydroxyl groups is 1. The maximum atomic E-state index is 12.4. The van der Waals surface area contributed by atoms with Gasteiger partial charge in [-0.15, -0.1) is 0 Å². The van der Waals surface area contributed by atoms with Gasteiger partial charge < -0.3 is 10.8 Å². The highest BCUT2D eigenvalue weighted by Crippen LogP contribution is 2.33. The summed E-state index contributed by atoms with van der Waals surface area (Å²) >= 11 is 11.8. The Bertz CT molecular complexity index is 599. The summed E-state index contributed by atoms with van der Waals surface area (Å²) < 4.78 is 27.2. The lowest BCUT2D eigenvalue weighted by Gasteiger charge is -2.37. The maximum absolute atomic E-state index is 12.4.